The quantitative estimate of drug-likeness (QED) is 0.675. The Kier molecular flexibility index (Phi) is 6.78. The summed E-state index contributed by atoms with van der Waals surface area (Å²) in [4.78, 5) is 12.7. The van der Waals surface area contributed by atoms with E-state index in [2.05, 4.69) is 20.4 Å². The number of fused-ring (bicyclic) bond motifs is 1. The third-order valence-corrected chi connectivity index (χ3v) is 3.10. The number of H-pyrrole nitrogens is 1. The third kappa shape index (κ3) is 4.10. The molecule has 7 heteroatoms. The van der Waals surface area contributed by atoms with Crippen molar-refractivity contribution in [2.75, 3.05) is 13.1 Å². The Morgan fingerprint density at radius 3 is 3.05 bits per heavy atom. The van der Waals surface area contributed by atoms with Crippen LogP contribution in [0.25, 0.3) is 10.9 Å². The van der Waals surface area contributed by atoms with Gasteiger partial charge in [0.05, 0.1) is 23.6 Å². The summed E-state index contributed by atoms with van der Waals surface area (Å²) in [6, 6.07) is 4.00. The molecular formula is C13H18Cl2N4O. The summed E-state index contributed by atoms with van der Waals surface area (Å²) in [6.45, 7) is 1.96. The minimum atomic E-state index is 0. The first-order chi connectivity index (χ1) is 8.92. The minimum absolute atomic E-state index is 0. The van der Waals surface area contributed by atoms with Crippen LogP contribution in [0.4, 0.5) is 0 Å². The number of hydrogen-bond donors (Lipinski definition) is 2. The standard InChI is InChI=1S/C13H16N4O.2ClH/c1-2-12(8-14-4-1)18-16-7-11-6-10-3-5-15-9-13(10)17-11;;/h3,5-7,9,12,14,17H,1-2,4,8H2;2*1H. The molecule has 1 fully saturated rings. The van der Waals surface area contributed by atoms with Gasteiger partial charge < -0.3 is 15.1 Å². The van der Waals surface area contributed by atoms with Crippen molar-refractivity contribution in [3.05, 3.63) is 30.2 Å². The smallest absolute Gasteiger partial charge is 0.139 e. The Bertz CT molecular complexity index is 519. The number of rotatable bonds is 3. The molecule has 3 heterocycles. The van der Waals surface area contributed by atoms with E-state index >= 15 is 0 Å². The lowest BCUT2D eigenvalue weighted by molar-refractivity contribution is 0.0429. The lowest BCUT2D eigenvalue weighted by Gasteiger charge is -2.20. The summed E-state index contributed by atoms with van der Waals surface area (Å²) < 4.78 is 0. The van der Waals surface area contributed by atoms with Gasteiger partial charge in [-0.15, -0.1) is 24.8 Å². The number of pyridine rings is 1. The van der Waals surface area contributed by atoms with E-state index in [1.54, 1.807) is 18.6 Å². The Hall–Kier alpha value is -1.30. The van der Waals surface area contributed by atoms with Crippen LogP contribution in [0.3, 0.4) is 0 Å². The van der Waals surface area contributed by atoms with Crippen LogP contribution >= 0.6 is 24.8 Å². The number of piperidine rings is 1. The number of hydrogen-bond acceptors (Lipinski definition) is 4. The number of aromatic nitrogens is 2. The molecule has 20 heavy (non-hydrogen) atoms. The molecule has 0 aromatic carbocycles. The monoisotopic (exact) mass is 316 g/mol. The second-order valence-corrected chi connectivity index (χ2v) is 4.50. The Morgan fingerprint density at radius 1 is 1.40 bits per heavy atom. The molecule has 5 nitrogen and oxygen atoms in total. The summed E-state index contributed by atoms with van der Waals surface area (Å²) >= 11 is 0. The average molecular weight is 317 g/mol. The summed E-state index contributed by atoms with van der Waals surface area (Å²) in [5, 5.41) is 8.46. The van der Waals surface area contributed by atoms with Gasteiger partial charge in [0, 0.05) is 18.1 Å². The van der Waals surface area contributed by atoms with Crippen LogP contribution in [0, 0.1) is 0 Å². The van der Waals surface area contributed by atoms with E-state index in [-0.39, 0.29) is 30.9 Å². The number of oxime groups is 1. The van der Waals surface area contributed by atoms with Gasteiger partial charge in [0.2, 0.25) is 0 Å². The molecule has 0 amide bonds. The second-order valence-electron chi connectivity index (χ2n) is 4.50. The Labute approximate surface area is 130 Å². The van der Waals surface area contributed by atoms with E-state index in [1.807, 2.05) is 12.1 Å². The van der Waals surface area contributed by atoms with Gasteiger partial charge in [-0.05, 0) is 31.5 Å². The van der Waals surface area contributed by atoms with E-state index < -0.39 is 0 Å². The van der Waals surface area contributed by atoms with Gasteiger partial charge in [-0.1, -0.05) is 5.16 Å². The zero-order valence-corrected chi connectivity index (χ0v) is 12.5. The number of halogens is 2. The summed E-state index contributed by atoms with van der Waals surface area (Å²) in [7, 11) is 0. The van der Waals surface area contributed by atoms with E-state index in [0.29, 0.717) is 0 Å². The van der Waals surface area contributed by atoms with Gasteiger partial charge >= 0.3 is 0 Å². The molecule has 0 radical (unpaired) electrons. The van der Waals surface area contributed by atoms with Crippen LogP contribution in [0.15, 0.2) is 29.7 Å². The highest BCUT2D eigenvalue weighted by Crippen LogP contribution is 2.12. The van der Waals surface area contributed by atoms with E-state index in [9.17, 15) is 0 Å². The van der Waals surface area contributed by atoms with Crippen molar-refractivity contribution in [3.63, 3.8) is 0 Å². The molecule has 0 saturated carbocycles. The molecule has 110 valence electrons. The molecule has 1 unspecified atom stereocenters. The molecule has 2 aromatic rings. The SMILES string of the molecule is C(=NOC1CCCNC1)c1cc2ccncc2[nH]1.Cl.Cl. The first kappa shape index (κ1) is 16.8. The molecule has 0 spiro atoms. The van der Waals surface area contributed by atoms with Crippen molar-refractivity contribution in [2.45, 2.75) is 18.9 Å². The zero-order chi connectivity index (χ0) is 12.2. The van der Waals surface area contributed by atoms with Crippen molar-refractivity contribution < 1.29 is 4.84 Å². The third-order valence-electron chi connectivity index (χ3n) is 3.10. The van der Waals surface area contributed by atoms with Crippen molar-refractivity contribution >= 4 is 41.9 Å². The Balaban J connectivity index is 0.000001000. The fraction of sp³-hybridized carbons (Fsp3) is 0.385. The van der Waals surface area contributed by atoms with Crippen molar-refractivity contribution in [1.29, 1.82) is 0 Å². The molecule has 1 aliphatic heterocycles. The van der Waals surface area contributed by atoms with Gasteiger partial charge in [0.1, 0.15) is 6.10 Å². The van der Waals surface area contributed by atoms with Crippen molar-refractivity contribution in [3.8, 4) is 0 Å². The van der Waals surface area contributed by atoms with E-state index in [1.165, 1.54) is 0 Å². The first-order valence-corrected chi connectivity index (χ1v) is 6.24. The topological polar surface area (TPSA) is 62.3 Å². The molecule has 3 rings (SSSR count). The lowest BCUT2D eigenvalue weighted by Crippen LogP contribution is -2.34. The average Bonchev–Trinajstić information content (AvgIpc) is 2.82. The fourth-order valence-electron chi connectivity index (χ4n) is 2.15. The predicted octanol–water partition coefficient (Wildman–Crippen LogP) is 2.51. The molecule has 1 aliphatic rings. The van der Waals surface area contributed by atoms with Crippen LogP contribution in [0.1, 0.15) is 18.5 Å². The van der Waals surface area contributed by atoms with Gasteiger partial charge in [-0.2, -0.15) is 0 Å². The molecule has 2 N–H and O–H groups in total. The molecule has 0 bridgehead atoms. The summed E-state index contributed by atoms with van der Waals surface area (Å²) in [6.07, 6.45) is 7.72. The second kappa shape index (κ2) is 8.09. The van der Waals surface area contributed by atoms with Gasteiger partial charge in [0.15, 0.2) is 0 Å². The van der Waals surface area contributed by atoms with Gasteiger partial charge in [-0.3, -0.25) is 4.98 Å². The lowest BCUT2D eigenvalue weighted by atomic mass is 10.1. The first-order valence-electron chi connectivity index (χ1n) is 6.24. The number of nitrogens with zero attached hydrogens (tertiary/aromatic N) is 2. The maximum Gasteiger partial charge on any atom is 0.139 e. The largest absolute Gasteiger partial charge is 0.391 e. The number of nitrogens with one attached hydrogen (secondary N) is 2. The Morgan fingerprint density at radius 2 is 2.30 bits per heavy atom. The van der Waals surface area contributed by atoms with Crippen LogP contribution in [0.5, 0.6) is 0 Å². The minimum Gasteiger partial charge on any atom is -0.391 e. The van der Waals surface area contributed by atoms with Gasteiger partial charge in [-0.25, -0.2) is 0 Å². The normalized spacial score (nSPS) is 18.5. The van der Waals surface area contributed by atoms with E-state index in [4.69, 9.17) is 4.84 Å². The molecule has 2 aromatic heterocycles. The summed E-state index contributed by atoms with van der Waals surface area (Å²) in [5.41, 5.74) is 1.94. The molecule has 0 aliphatic carbocycles. The maximum absolute atomic E-state index is 5.45. The molecular weight excluding hydrogens is 299 g/mol. The zero-order valence-electron chi connectivity index (χ0n) is 10.9. The highest BCUT2D eigenvalue weighted by atomic mass is 35.5. The predicted molar refractivity (Wildman–Crippen MR) is 85.2 cm³/mol. The van der Waals surface area contributed by atoms with Crippen LogP contribution < -0.4 is 5.32 Å². The maximum atomic E-state index is 5.45. The van der Waals surface area contributed by atoms with Crippen LogP contribution in [-0.4, -0.2) is 35.4 Å². The van der Waals surface area contributed by atoms with E-state index in [0.717, 1.165) is 42.5 Å². The van der Waals surface area contributed by atoms with Crippen molar-refractivity contribution in [1.82, 2.24) is 15.3 Å². The molecule has 1 atom stereocenters. The summed E-state index contributed by atoms with van der Waals surface area (Å²) in [5.74, 6) is 0. The fourth-order valence-corrected chi connectivity index (χ4v) is 2.15. The van der Waals surface area contributed by atoms with Crippen molar-refractivity contribution in [2.24, 2.45) is 5.16 Å². The highest BCUT2D eigenvalue weighted by Gasteiger charge is 2.13. The van der Waals surface area contributed by atoms with Gasteiger partial charge in [0.25, 0.3) is 0 Å². The number of aromatic amines is 1. The van der Waals surface area contributed by atoms with Crippen LogP contribution in [0.2, 0.25) is 0 Å². The molecule has 1 saturated heterocycles. The van der Waals surface area contributed by atoms with Crippen LogP contribution in [-0.2, 0) is 4.84 Å². The highest BCUT2D eigenvalue weighted by molar-refractivity contribution is 5.88.